The lowest BCUT2D eigenvalue weighted by molar-refractivity contribution is -0.122. The van der Waals surface area contributed by atoms with Gasteiger partial charge in [0.05, 0.1) is 4.91 Å². The monoisotopic (exact) mass is 295 g/mol. The van der Waals surface area contributed by atoms with Crippen molar-refractivity contribution < 1.29 is 15.0 Å². The highest BCUT2D eigenvalue weighted by atomic mass is 32.2. The molecule has 0 unspecified atom stereocenters. The van der Waals surface area contributed by atoms with E-state index in [1.807, 2.05) is 6.92 Å². The number of carbonyl (C=O) groups excluding carboxylic acids is 1. The average molecular weight is 295 g/mol. The zero-order valence-corrected chi connectivity index (χ0v) is 11.9. The van der Waals surface area contributed by atoms with Gasteiger partial charge in [-0.15, -0.1) is 0 Å². The molecular weight excluding hydrogens is 282 g/mol. The predicted molar refractivity (Wildman–Crippen MR) is 79.9 cm³/mol. The van der Waals surface area contributed by atoms with E-state index >= 15 is 0 Å². The van der Waals surface area contributed by atoms with Gasteiger partial charge in [-0.1, -0.05) is 37.0 Å². The lowest BCUT2D eigenvalue weighted by Crippen LogP contribution is -2.28. The highest BCUT2D eigenvalue weighted by Gasteiger charge is 2.31. The van der Waals surface area contributed by atoms with E-state index in [9.17, 15) is 15.0 Å². The summed E-state index contributed by atoms with van der Waals surface area (Å²) in [7, 11) is 0. The fraction of sp³-hybridized carbons (Fsp3) is 0.231. The van der Waals surface area contributed by atoms with E-state index < -0.39 is 0 Å². The summed E-state index contributed by atoms with van der Waals surface area (Å²) >= 11 is 6.41. The fourth-order valence-electron chi connectivity index (χ4n) is 1.70. The Balaban J connectivity index is 2.27. The van der Waals surface area contributed by atoms with Crippen LogP contribution in [-0.4, -0.2) is 31.9 Å². The lowest BCUT2D eigenvalue weighted by atomic mass is 10.2. The van der Waals surface area contributed by atoms with Gasteiger partial charge in [0, 0.05) is 6.54 Å². The molecule has 0 bridgehead atoms. The molecule has 4 nitrogen and oxygen atoms in total. The molecule has 0 radical (unpaired) electrons. The maximum Gasteiger partial charge on any atom is 0.266 e. The quantitative estimate of drug-likeness (QED) is 0.510. The number of thioether (sulfide) groups is 1. The topological polar surface area (TPSA) is 60.8 Å². The SMILES string of the molecule is CCCN1C(=O)/C(=C/c2ccc(O)c(O)c2)SC1=S. The number of phenolic OH excluding ortho intramolecular Hbond substituents is 2. The predicted octanol–water partition coefficient (Wildman–Crippen LogP) is 2.71. The molecule has 1 fully saturated rings. The summed E-state index contributed by atoms with van der Waals surface area (Å²) in [6, 6.07) is 4.41. The number of nitrogens with zero attached hydrogens (tertiary/aromatic N) is 1. The number of benzene rings is 1. The highest BCUT2D eigenvalue weighted by molar-refractivity contribution is 8.26. The molecule has 1 amide bonds. The van der Waals surface area contributed by atoms with Crippen molar-refractivity contribution in [3.8, 4) is 11.5 Å². The molecule has 0 saturated carbocycles. The van der Waals surface area contributed by atoms with E-state index in [-0.39, 0.29) is 17.4 Å². The smallest absolute Gasteiger partial charge is 0.266 e. The van der Waals surface area contributed by atoms with Gasteiger partial charge in [0.25, 0.3) is 5.91 Å². The van der Waals surface area contributed by atoms with Crippen LogP contribution in [0.25, 0.3) is 6.08 Å². The van der Waals surface area contributed by atoms with Crippen LogP contribution < -0.4 is 0 Å². The van der Waals surface area contributed by atoms with Crippen molar-refractivity contribution in [3.05, 3.63) is 28.7 Å². The Morgan fingerprint density at radius 1 is 1.37 bits per heavy atom. The molecule has 1 aliphatic rings. The number of thiocarbonyl (C=S) groups is 1. The van der Waals surface area contributed by atoms with Crippen LogP contribution in [0.15, 0.2) is 23.1 Å². The minimum atomic E-state index is -0.210. The molecule has 100 valence electrons. The van der Waals surface area contributed by atoms with Crippen LogP contribution in [0.1, 0.15) is 18.9 Å². The van der Waals surface area contributed by atoms with Crippen LogP contribution in [0.5, 0.6) is 11.5 Å². The van der Waals surface area contributed by atoms with Crippen molar-refractivity contribution in [3.63, 3.8) is 0 Å². The van der Waals surface area contributed by atoms with Gasteiger partial charge in [0.2, 0.25) is 0 Å². The molecule has 1 aromatic carbocycles. The van der Waals surface area contributed by atoms with E-state index in [4.69, 9.17) is 12.2 Å². The molecule has 0 aliphatic carbocycles. The summed E-state index contributed by atoms with van der Waals surface area (Å²) in [6.45, 7) is 2.60. The first kappa shape index (κ1) is 13.9. The van der Waals surface area contributed by atoms with Gasteiger partial charge in [0.1, 0.15) is 4.32 Å². The Bertz CT molecular complexity index is 569. The van der Waals surface area contributed by atoms with Crippen molar-refractivity contribution in [1.29, 1.82) is 0 Å². The normalized spacial score (nSPS) is 17.5. The van der Waals surface area contributed by atoms with E-state index in [0.29, 0.717) is 21.3 Å². The van der Waals surface area contributed by atoms with Crippen LogP contribution in [0, 0.1) is 0 Å². The Labute approximate surface area is 120 Å². The zero-order chi connectivity index (χ0) is 14.0. The molecule has 0 spiro atoms. The number of phenols is 2. The fourth-order valence-corrected chi connectivity index (χ4v) is 3.01. The van der Waals surface area contributed by atoms with E-state index in [0.717, 1.165) is 6.42 Å². The van der Waals surface area contributed by atoms with Crippen LogP contribution in [0.2, 0.25) is 0 Å². The van der Waals surface area contributed by atoms with Crippen molar-refractivity contribution in [2.24, 2.45) is 0 Å². The molecule has 6 heteroatoms. The zero-order valence-electron chi connectivity index (χ0n) is 10.3. The third kappa shape index (κ3) is 2.90. The van der Waals surface area contributed by atoms with Crippen LogP contribution in [-0.2, 0) is 4.79 Å². The minimum absolute atomic E-state index is 0.107. The van der Waals surface area contributed by atoms with Gasteiger partial charge in [-0.25, -0.2) is 0 Å². The van der Waals surface area contributed by atoms with Crippen molar-refractivity contribution in [2.75, 3.05) is 6.54 Å². The van der Waals surface area contributed by atoms with Crippen LogP contribution in [0.3, 0.4) is 0 Å². The molecule has 1 aliphatic heterocycles. The summed E-state index contributed by atoms with van der Waals surface area (Å²) in [5.41, 5.74) is 0.646. The first-order chi connectivity index (χ1) is 9.02. The van der Waals surface area contributed by atoms with Gasteiger partial charge in [-0.2, -0.15) is 0 Å². The summed E-state index contributed by atoms with van der Waals surface area (Å²) < 4.78 is 0.557. The summed E-state index contributed by atoms with van der Waals surface area (Å²) in [5, 5.41) is 18.7. The Kier molecular flexibility index (Phi) is 4.11. The molecule has 1 saturated heterocycles. The van der Waals surface area contributed by atoms with Crippen molar-refractivity contribution >= 4 is 40.3 Å². The maximum atomic E-state index is 12.1. The largest absolute Gasteiger partial charge is 0.504 e. The van der Waals surface area contributed by atoms with Gasteiger partial charge in [-0.3, -0.25) is 9.69 Å². The van der Waals surface area contributed by atoms with Gasteiger partial charge in [-0.05, 0) is 30.2 Å². The molecular formula is C13H13NO3S2. The molecule has 2 rings (SSSR count). The van der Waals surface area contributed by atoms with Gasteiger partial charge >= 0.3 is 0 Å². The van der Waals surface area contributed by atoms with E-state index in [1.54, 1.807) is 17.0 Å². The molecule has 19 heavy (non-hydrogen) atoms. The third-order valence-electron chi connectivity index (χ3n) is 2.62. The molecule has 1 heterocycles. The number of aromatic hydroxyl groups is 2. The Morgan fingerprint density at radius 2 is 2.11 bits per heavy atom. The molecule has 2 N–H and O–H groups in total. The second-order valence-corrected chi connectivity index (χ2v) is 5.76. The van der Waals surface area contributed by atoms with Crippen molar-refractivity contribution in [2.45, 2.75) is 13.3 Å². The summed E-state index contributed by atoms with van der Waals surface area (Å²) in [6.07, 6.45) is 2.51. The first-order valence-electron chi connectivity index (χ1n) is 5.80. The van der Waals surface area contributed by atoms with E-state index in [2.05, 4.69) is 0 Å². The molecule has 0 atom stereocenters. The average Bonchev–Trinajstić information content (AvgIpc) is 2.62. The number of carbonyl (C=O) groups is 1. The Hall–Kier alpha value is -1.53. The van der Waals surface area contributed by atoms with Crippen LogP contribution >= 0.6 is 24.0 Å². The van der Waals surface area contributed by atoms with Crippen molar-refractivity contribution in [1.82, 2.24) is 4.90 Å². The molecule has 1 aromatic rings. The van der Waals surface area contributed by atoms with Crippen LogP contribution in [0.4, 0.5) is 0 Å². The standard InChI is InChI=1S/C13H13NO3S2/c1-2-5-14-12(17)11(19-13(14)18)7-8-3-4-9(15)10(16)6-8/h3-4,6-7,15-16H,2,5H2,1H3/b11-7-. The number of rotatable bonds is 3. The minimum Gasteiger partial charge on any atom is -0.504 e. The summed E-state index contributed by atoms with van der Waals surface area (Å²) in [4.78, 5) is 14.2. The number of hydrogen-bond acceptors (Lipinski definition) is 5. The number of hydrogen-bond donors (Lipinski definition) is 2. The number of amides is 1. The summed E-state index contributed by atoms with van der Waals surface area (Å²) in [5.74, 6) is -0.502. The first-order valence-corrected chi connectivity index (χ1v) is 7.02. The van der Waals surface area contributed by atoms with E-state index in [1.165, 1.54) is 23.9 Å². The lowest BCUT2D eigenvalue weighted by Gasteiger charge is -2.11. The van der Waals surface area contributed by atoms with Gasteiger partial charge < -0.3 is 10.2 Å². The highest BCUT2D eigenvalue weighted by Crippen LogP contribution is 2.34. The third-order valence-corrected chi connectivity index (χ3v) is 4.00. The second-order valence-electron chi connectivity index (χ2n) is 4.08. The Morgan fingerprint density at radius 3 is 2.74 bits per heavy atom. The van der Waals surface area contributed by atoms with Gasteiger partial charge in [0.15, 0.2) is 11.5 Å². The maximum absolute atomic E-state index is 12.1. The molecule has 0 aromatic heterocycles. The second kappa shape index (κ2) is 5.63.